The first-order valence-corrected chi connectivity index (χ1v) is 6.59. The molecule has 3 rings (SSSR count). The first-order valence-electron chi connectivity index (χ1n) is 6.59. The van der Waals surface area contributed by atoms with E-state index in [0.29, 0.717) is 23.4 Å². The highest BCUT2D eigenvalue weighted by Crippen LogP contribution is 2.23. The van der Waals surface area contributed by atoms with Gasteiger partial charge in [0.05, 0.1) is 35.7 Å². The molecule has 0 atom stereocenters. The smallest absolute Gasteiger partial charge is 0.261 e. The van der Waals surface area contributed by atoms with Crippen LogP contribution < -0.4 is 0 Å². The summed E-state index contributed by atoms with van der Waals surface area (Å²) in [5.41, 5.74) is 2.34. The van der Waals surface area contributed by atoms with Gasteiger partial charge in [0, 0.05) is 7.11 Å². The highest BCUT2D eigenvalue weighted by Gasteiger charge is 2.35. The Labute approximate surface area is 122 Å². The summed E-state index contributed by atoms with van der Waals surface area (Å²) < 4.78 is 5.04. The summed E-state index contributed by atoms with van der Waals surface area (Å²) in [5, 5.41) is 0. The molecule has 2 aromatic rings. The van der Waals surface area contributed by atoms with E-state index >= 15 is 0 Å². The summed E-state index contributed by atoms with van der Waals surface area (Å²) in [6, 6.07) is 12.3. The van der Waals surface area contributed by atoms with Gasteiger partial charge in [-0.05, 0) is 24.3 Å². The monoisotopic (exact) mass is 282 g/mol. The van der Waals surface area contributed by atoms with Gasteiger partial charge in [0.1, 0.15) is 0 Å². The summed E-state index contributed by atoms with van der Waals surface area (Å²) in [5.74, 6) is -0.538. The van der Waals surface area contributed by atoms with Crippen LogP contribution in [0, 0.1) is 0 Å². The normalized spacial score (nSPS) is 13.7. The molecule has 1 aliphatic rings. The number of amides is 2. The largest absolute Gasteiger partial charge is 0.378 e. The van der Waals surface area contributed by atoms with Crippen molar-refractivity contribution in [2.24, 2.45) is 0 Å². The molecule has 106 valence electrons. The van der Waals surface area contributed by atoms with E-state index in [9.17, 15) is 9.59 Å². The van der Waals surface area contributed by atoms with Crippen molar-refractivity contribution in [1.29, 1.82) is 0 Å². The number of carbonyl (C=O) groups is 2. The number of carbonyl (C=O) groups excluding carboxylic acids is 2. The molecule has 0 aliphatic carbocycles. The number of rotatable bonds is 4. The second-order valence-electron chi connectivity index (χ2n) is 4.80. The molecule has 0 spiro atoms. The number of pyridine rings is 1. The van der Waals surface area contributed by atoms with E-state index in [1.165, 1.54) is 4.90 Å². The average Bonchev–Trinajstić information content (AvgIpc) is 2.74. The maximum absolute atomic E-state index is 12.3. The fourth-order valence-electron chi connectivity index (χ4n) is 2.39. The van der Waals surface area contributed by atoms with E-state index < -0.39 is 0 Å². The van der Waals surface area contributed by atoms with Gasteiger partial charge in [0.2, 0.25) is 0 Å². The lowest BCUT2D eigenvalue weighted by molar-refractivity contribution is 0.0640. The quantitative estimate of drug-likeness (QED) is 0.805. The zero-order valence-electron chi connectivity index (χ0n) is 11.6. The van der Waals surface area contributed by atoms with Crippen molar-refractivity contribution in [2.75, 3.05) is 7.11 Å². The van der Waals surface area contributed by atoms with Gasteiger partial charge in [-0.1, -0.05) is 18.2 Å². The summed E-state index contributed by atoms with van der Waals surface area (Å²) in [6.45, 7) is 0.569. The summed E-state index contributed by atoms with van der Waals surface area (Å²) in [4.78, 5) is 30.2. The number of imide groups is 1. The Morgan fingerprint density at radius 2 is 1.57 bits per heavy atom. The van der Waals surface area contributed by atoms with Crippen LogP contribution in [-0.4, -0.2) is 28.8 Å². The third kappa shape index (κ3) is 2.43. The molecule has 0 saturated carbocycles. The minimum Gasteiger partial charge on any atom is -0.378 e. The van der Waals surface area contributed by atoms with Crippen molar-refractivity contribution in [3.63, 3.8) is 0 Å². The van der Waals surface area contributed by atoms with Crippen LogP contribution in [0.25, 0.3) is 0 Å². The van der Waals surface area contributed by atoms with Gasteiger partial charge >= 0.3 is 0 Å². The molecule has 5 nitrogen and oxygen atoms in total. The van der Waals surface area contributed by atoms with Crippen molar-refractivity contribution in [1.82, 2.24) is 9.88 Å². The molecule has 2 heterocycles. The number of fused-ring (bicyclic) bond motifs is 1. The van der Waals surface area contributed by atoms with Crippen LogP contribution in [-0.2, 0) is 17.9 Å². The lowest BCUT2D eigenvalue weighted by Crippen LogP contribution is -2.29. The molecule has 0 N–H and O–H groups in total. The van der Waals surface area contributed by atoms with Crippen molar-refractivity contribution in [3.8, 4) is 0 Å². The molecule has 1 aromatic heterocycles. The Kier molecular flexibility index (Phi) is 3.50. The van der Waals surface area contributed by atoms with Crippen LogP contribution in [0.5, 0.6) is 0 Å². The molecule has 0 radical (unpaired) electrons. The Morgan fingerprint density at radius 3 is 2.19 bits per heavy atom. The van der Waals surface area contributed by atoms with Crippen LogP contribution in [0.15, 0.2) is 42.5 Å². The molecule has 5 heteroatoms. The van der Waals surface area contributed by atoms with Gasteiger partial charge in [0.15, 0.2) is 0 Å². The molecule has 2 amide bonds. The maximum Gasteiger partial charge on any atom is 0.261 e. The van der Waals surface area contributed by atoms with Crippen molar-refractivity contribution < 1.29 is 14.3 Å². The van der Waals surface area contributed by atoms with Crippen LogP contribution in [0.4, 0.5) is 0 Å². The van der Waals surface area contributed by atoms with Gasteiger partial charge in [0.25, 0.3) is 11.8 Å². The Balaban J connectivity index is 1.85. The number of hydrogen-bond acceptors (Lipinski definition) is 4. The fraction of sp³-hybridized carbons (Fsp3) is 0.188. The molecular weight excluding hydrogens is 268 g/mol. The third-order valence-corrected chi connectivity index (χ3v) is 3.35. The Hall–Kier alpha value is -2.53. The van der Waals surface area contributed by atoms with Gasteiger partial charge < -0.3 is 4.74 Å². The average molecular weight is 282 g/mol. The van der Waals surface area contributed by atoms with E-state index in [1.807, 2.05) is 12.1 Å². The lowest BCUT2D eigenvalue weighted by Gasteiger charge is -2.13. The van der Waals surface area contributed by atoms with Gasteiger partial charge in [-0.25, -0.2) is 0 Å². The number of aromatic nitrogens is 1. The molecular formula is C16H14N2O3. The first kappa shape index (κ1) is 13.5. The van der Waals surface area contributed by atoms with Gasteiger partial charge in [-0.15, -0.1) is 0 Å². The predicted molar refractivity (Wildman–Crippen MR) is 75.6 cm³/mol. The zero-order chi connectivity index (χ0) is 14.8. The summed E-state index contributed by atoms with van der Waals surface area (Å²) >= 11 is 0. The molecule has 0 fully saturated rings. The molecule has 21 heavy (non-hydrogen) atoms. The third-order valence-electron chi connectivity index (χ3n) is 3.35. The minimum atomic E-state index is -0.269. The number of benzene rings is 1. The number of methoxy groups -OCH3 is 1. The van der Waals surface area contributed by atoms with Gasteiger partial charge in [-0.3, -0.25) is 19.5 Å². The van der Waals surface area contributed by atoms with Crippen molar-refractivity contribution in [2.45, 2.75) is 13.2 Å². The molecule has 0 unspecified atom stereocenters. The van der Waals surface area contributed by atoms with E-state index in [0.717, 1.165) is 5.69 Å². The first-order chi connectivity index (χ1) is 10.2. The number of hydrogen-bond donors (Lipinski definition) is 0. The predicted octanol–water partition coefficient (Wildman–Crippen LogP) is 2.02. The zero-order valence-corrected chi connectivity index (χ0v) is 11.6. The van der Waals surface area contributed by atoms with Crippen LogP contribution in [0.3, 0.4) is 0 Å². The lowest BCUT2D eigenvalue weighted by atomic mass is 10.1. The van der Waals surface area contributed by atoms with Crippen molar-refractivity contribution in [3.05, 3.63) is 65.0 Å². The van der Waals surface area contributed by atoms with Crippen LogP contribution in [0.1, 0.15) is 32.1 Å². The highest BCUT2D eigenvalue weighted by atomic mass is 16.5. The molecule has 1 aromatic carbocycles. The van der Waals surface area contributed by atoms with Gasteiger partial charge in [-0.2, -0.15) is 0 Å². The summed E-state index contributed by atoms with van der Waals surface area (Å²) in [6.07, 6.45) is 0. The second-order valence-corrected chi connectivity index (χ2v) is 4.80. The number of ether oxygens (including phenoxy) is 1. The topological polar surface area (TPSA) is 59.5 Å². The Morgan fingerprint density at radius 1 is 0.952 bits per heavy atom. The molecule has 0 saturated heterocycles. The minimum absolute atomic E-state index is 0.171. The van der Waals surface area contributed by atoms with E-state index in [4.69, 9.17) is 4.74 Å². The number of nitrogens with zero attached hydrogens (tertiary/aromatic N) is 2. The fourth-order valence-corrected chi connectivity index (χ4v) is 2.39. The SMILES string of the molecule is COCc1cccc(CN2C(=O)c3ccccc3C2=O)n1. The van der Waals surface area contributed by atoms with Crippen molar-refractivity contribution >= 4 is 11.8 Å². The van der Waals surface area contributed by atoms with E-state index in [2.05, 4.69) is 4.98 Å². The van der Waals surface area contributed by atoms with Crippen LogP contribution >= 0.6 is 0 Å². The molecule has 1 aliphatic heterocycles. The summed E-state index contributed by atoms with van der Waals surface area (Å²) in [7, 11) is 1.60. The maximum atomic E-state index is 12.3. The highest BCUT2D eigenvalue weighted by molar-refractivity contribution is 6.21. The molecule has 0 bridgehead atoms. The van der Waals surface area contributed by atoms with E-state index in [-0.39, 0.29) is 18.4 Å². The Bertz CT molecular complexity index is 677. The van der Waals surface area contributed by atoms with E-state index in [1.54, 1.807) is 37.4 Å². The second kappa shape index (κ2) is 5.46. The van der Waals surface area contributed by atoms with Crippen LogP contribution in [0.2, 0.25) is 0 Å². The standard InChI is InChI=1S/C16H14N2O3/c1-21-10-12-6-4-5-11(17-12)9-18-15(19)13-7-2-3-8-14(13)16(18)20/h2-8H,9-10H2,1H3.